The zero-order valence-electron chi connectivity index (χ0n) is 15.5. The van der Waals surface area contributed by atoms with Gasteiger partial charge >= 0.3 is 0 Å². The summed E-state index contributed by atoms with van der Waals surface area (Å²) in [5, 5.41) is 4.04. The fourth-order valence-electron chi connectivity index (χ4n) is 3.76. The lowest BCUT2D eigenvalue weighted by atomic mass is 9.98. The first-order chi connectivity index (χ1) is 13.2. The number of carbonyl (C=O) groups is 1. The van der Waals surface area contributed by atoms with E-state index in [-0.39, 0.29) is 11.9 Å². The molecule has 1 saturated heterocycles. The molecule has 0 saturated carbocycles. The summed E-state index contributed by atoms with van der Waals surface area (Å²) in [6.07, 6.45) is 7.96. The second-order valence-electron chi connectivity index (χ2n) is 7.05. The van der Waals surface area contributed by atoms with Crippen LogP contribution in [0.1, 0.15) is 42.0 Å². The first-order valence-electron chi connectivity index (χ1n) is 9.53. The van der Waals surface area contributed by atoms with E-state index >= 15 is 0 Å². The van der Waals surface area contributed by atoms with Crippen LogP contribution in [0.25, 0.3) is 11.3 Å². The van der Waals surface area contributed by atoms with Crippen LogP contribution in [-0.2, 0) is 6.54 Å². The summed E-state index contributed by atoms with van der Waals surface area (Å²) in [5.74, 6) is 1.60. The molecule has 1 aliphatic rings. The summed E-state index contributed by atoms with van der Waals surface area (Å²) in [6, 6.07) is 11.7. The van der Waals surface area contributed by atoms with Crippen LogP contribution < -0.4 is 0 Å². The molecule has 6 nitrogen and oxygen atoms in total. The number of amides is 1. The van der Waals surface area contributed by atoms with E-state index in [0.717, 1.165) is 50.2 Å². The Hall–Kier alpha value is -2.89. The van der Waals surface area contributed by atoms with Crippen LogP contribution in [0.2, 0.25) is 0 Å². The zero-order valence-corrected chi connectivity index (χ0v) is 15.5. The molecule has 1 amide bonds. The number of aromatic nitrogens is 3. The van der Waals surface area contributed by atoms with E-state index in [4.69, 9.17) is 4.52 Å². The Morgan fingerprint density at radius 1 is 1.26 bits per heavy atom. The zero-order chi connectivity index (χ0) is 18.6. The molecule has 1 aromatic carbocycles. The molecular formula is C21H24N4O2. The van der Waals surface area contributed by atoms with Crippen LogP contribution in [0.3, 0.4) is 0 Å². The average molecular weight is 364 g/mol. The van der Waals surface area contributed by atoms with Gasteiger partial charge in [-0.25, -0.2) is 4.98 Å². The normalized spacial score (nSPS) is 17.2. The van der Waals surface area contributed by atoms with Crippen molar-refractivity contribution in [1.82, 2.24) is 19.6 Å². The minimum absolute atomic E-state index is 0.0343. The molecule has 0 radical (unpaired) electrons. The number of aryl methyl sites for hydroxylation is 2. The Labute approximate surface area is 158 Å². The van der Waals surface area contributed by atoms with Gasteiger partial charge in [0.1, 0.15) is 5.82 Å². The molecular weight excluding hydrogens is 340 g/mol. The molecule has 1 aliphatic heterocycles. The number of imidazole rings is 1. The molecule has 0 bridgehead atoms. The summed E-state index contributed by atoms with van der Waals surface area (Å²) in [5.41, 5.74) is 1.31. The van der Waals surface area contributed by atoms with Crippen molar-refractivity contribution >= 4 is 5.91 Å². The Morgan fingerprint density at radius 2 is 2.11 bits per heavy atom. The van der Waals surface area contributed by atoms with E-state index in [0.29, 0.717) is 11.5 Å². The molecule has 1 atom stereocenters. The van der Waals surface area contributed by atoms with Crippen molar-refractivity contribution in [2.75, 3.05) is 6.54 Å². The van der Waals surface area contributed by atoms with Gasteiger partial charge in [0.25, 0.3) is 5.91 Å². The van der Waals surface area contributed by atoms with Crippen molar-refractivity contribution in [2.45, 2.75) is 45.2 Å². The van der Waals surface area contributed by atoms with Gasteiger partial charge in [-0.3, -0.25) is 4.79 Å². The van der Waals surface area contributed by atoms with Gasteiger partial charge in [-0.2, -0.15) is 0 Å². The number of nitrogens with zero attached hydrogens (tertiary/aromatic N) is 4. The Bertz CT molecular complexity index is 900. The largest absolute Gasteiger partial charge is 0.355 e. The lowest BCUT2D eigenvalue weighted by molar-refractivity contribution is 0.0585. The number of piperidine rings is 1. The molecule has 140 valence electrons. The topological polar surface area (TPSA) is 64.2 Å². The predicted octanol–water partition coefficient (Wildman–Crippen LogP) is 3.93. The van der Waals surface area contributed by atoms with Gasteiger partial charge in [-0.05, 0) is 32.6 Å². The molecule has 3 aromatic rings. The second-order valence-corrected chi connectivity index (χ2v) is 7.05. The van der Waals surface area contributed by atoms with Gasteiger partial charge in [0, 0.05) is 43.2 Å². The van der Waals surface area contributed by atoms with Crippen LogP contribution in [0.4, 0.5) is 0 Å². The lowest BCUT2D eigenvalue weighted by Gasteiger charge is -2.35. The molecule has 0 spiro atoms. The maximum Gasteiger partial charge on any atom is 0.276 e. The third kappa shape index (κ3) is 3.79. The van der Waals surface area contributed by atoms with Crippen molar-refractivity contribution in [1.29, 1.82) is 0 Å². The predicted molar refractivity (Wildman–Crippen MR) is 102 cm³/mol. The summed E-state index contributed by atoms with van der Waals surface area (Å²) in [7, 11) is 0. The maximum atomic E-state index is 13.1. The van der Waals surface area contributed by atoms with Gasteiger partial charge < -0.3 is 14.0 Å². The fraction of sp³-hybridized carbons (Fsp3) is 0.381. The molecule has 1 fully saturated rings. The number of rotatable bonds is 5. The molecule has 27 heavy (non-hydrogen) atoms. The monoisotopic (exact) mass is 364 g/mol. The van der Waals surface area contributed by atoms with Gasteiger partial charge in [0.15, 0.2) is 11.5 Å². The fourth-order valence-corrected chi connectivity index (χ4v) is 3.76. The number of benzene rings is 1. The van der Waals surface area contributed by atoms with Crippen LogP contribution >= 0.6 is 0 Å². The maximum absolute atomic E-state index is 13.1. The SMILES string of the molecule is Cc1nccn1CC[C@H]1CCCCN1C(=O)c1cc(-c2ccccc2)on1. The van der Waals surface area contributed by atoms with Crippen LogP contribution in [0.15, 0.2) is 53.3 Å². The standard InChI is InChI=1S/C21H24N4O2/c1-16-22-11-14-24(16)13-10-18-9-5-6-12-25(18)21(26)19-15-20(27-23-19)17-7-3-2-4-8-17/h2-4,7-8,11,14-15,18H,5-6,9-10,12-13H2,1H3/t18-/m1/s1. The van der Waals surface area contributed by atoms with Gasteiger partial charge in [-0.1, -0.05) is 35.5 Å². The highest BCUT2D eigenvalue weighted by atomic mass is 16.5. The summed E-state index contributed by atoms with van der Waals surface area (Å²) < 4.78 is 7.56. The highest BCUT2D eigenvalue weighted by molar-refractivity contribution is 5.93. The van der Waals surface area contributed by atoms with E-state index in [9.17, 15) is 4.79 Å². The Balaban J connectivity index is 1.47. The third-order valence-electron chi connectivity index (χ3n) is 5.30. The molecule has 3 heterocycles. The van der Waals surface area contributed by atoms with Crippen molar-refractivity contribution in [3.8, 4) is 11.3 Å². The van der Waals surface area contributed by atoms with E-state index in [1.54, 1.807) is 6.07 Å². The van der Waals surface area contributed by atoms with E-state index < -0.39 is 0 Å². The summed E-state index contributed by atoms with van der Waals surface area (Å²) in [6.45, 7) is 3.65. The Kier molecular flexibility index (Phi) is 5.05. The van der Waals surface area contributed by atoms with Gasteiger partial charge in [0.2, 0.25) is 0 Å². The third-order valence-corrected chi connectivity index (χ3v) is 5.30. The number of carbonyl (C=O) groups excluding carboxylic acids is 1. The van der Waals surface area contributed by atoms with E-state index in [2.05, 4.69) is 14.7 Å². The van der Waals surface area contributed by atoms with Gasteiger partial charge in [-0.15, -0.1) is 0 Å². The summed E-state index contributed by atoms with van der Waals surface area (Å²) in [4.78, 5) is 19.3. The molecule has 0 aliphatic carbocycles. The van der Waals surface area contributed by atoms with E-state index in [1.807, 2.05) is 54.5 Å². The highest BCUT2D eigenvalue weighted by Gasteiger charge is 2.29. The average Bonchev–Trinajstić information content (AvgIpc) is 3.36. The van der Waals surface area contributed by atoms with Crippen molar-refractivity contribution in [3.05, 3.63) is 60.3 Å². The van der Waals surface area contributed by atoms with Crippen LogP contribution in [-0.4, -0.2) is 38.1 Å². The molecule has 6 heteroatoms. The highest BCUT2D eigenvalue weighted by Crippen LogP contribution is 2.25. The molecule has 4 rings (SSSR count). The number of hydrogen-bond acceptors (Lipinski definition) is 4. The molecule has 2 aromatic heterocycles. The molecule has 0 N–H and O–H groups in total. The van der Waals surface area contributed by atoms with Crippen molar-refractivity contribution in [3.63, 3.8) is 0 Å². The van der Waals surface area contributed by atoms with Gasteiger partial charge in [0.05, 0.1) is 0 Å². The lowest BCUT2D eigenvalue weighted by Crippen LogP contribution is -2.44. The van der Waals surface area contributed by atoms with E-state index in [1.165, 1.54) is 0 Å². The van der Waals surface area contributed by atoms with Crippen LogP contribution in [0.5, 0.6) is 0 Å². The first-order valence-corrected chi connectivity index (χ1v) is 9.53. The van der Waals surface area contributed by atoms with Crippen molar-refractivity contribution < 1.29 is 9.32 Å². The first kappa shape index (κ1) is 17.5. The number of likely N-dealkylation sites (tertiary alicyclic amines) is 1. The minimum Gasteiger partial charge on any atom is -0.355 e. The molecule has 0 unspecified atom stereocenters. The smallest absolute Gasteiger partial charge is 0.276 e. The minimum atomic E-state index is -0.0343. The summed E-state index contributed by atoms with van der Waals surface area (Å²) >= 11 is 0. The Morgan fingerprint density at radius 3 is 2.89 bits per heavy atom. The second kappa shape index (κ2) is 7.78. The quantitative estimate of drug-likeness (QED) is 0.688. The van der Waals surface area contributed by atoms with Crippen LogP contribution in [0, 0.1) is 6.92 Å². The number of hydrogen-bond donors (Lipinski definition) is 0. The van der Waals surface area contributed by atoms with Crippen molar-refractivity contribution in [2.24, 2.45) is 0 Å².